The number of methoxy groups -OCH3 is 2. The molecule has 0 fully saturated rings. The lowest BCUT2D eigenvalue weighted by molar-refractivity contribution is -0.113. The van der Waals surface area contributed by atoms with Crippen molar-refractivity contribution >= 4 is 46.2 Å². The number of amidine groups is 1. The van der Waals surface area contributed by atoms with Crippen LogP contribution in [0.3, 0.4) is 0 Å². The summed E-state index contributed by atoms with van der Waals surface area (Å²) in [6.45, 7) is 2.09. The Balaban J connectivity index is 1.97. The predicted molar refractivity (Wildman–Crippen MR) is 117 cm³/mol. The van der Waals surface area contributed by atoms with Crippen LogP contribution in [0.1, 0.15) is 18.9 Å². The lowest BCUT2D eigenvalue weighted by atomic mass is 10.2. The van der Waals surface area contributed by atoms with Gasteiger partial charge in [0.1, 0.15) is 17.2 Å². The number of carbonyl (C=O) groups excluding carboxylic acids is 1. The topological polar surface area (TPSA) is 51.1 Å². The van der Waals surface area contributed by atoms with Gasteiger partial charge in [0, 0.05) is 11.8 Å². The van der Waals surface area contributed by atoms with Gasteiger partial charge in [-0.1, -0.05) is 42.4 Å². The average molecular weight is 417 g/mol. The molecule has 1 aliphatic heterocycles. The fraction of sp³-hybridized carbons (Fsp3) is 0.238. The van der Waals surface area contributed by atoms with Crippen molar-refractivity contribution in [2.75, 3.05) is 24.9 Å². The lowest BCUT2D eigenvalue weighted by Gasteiger charge is -2.18. The van der Waals surface area contributed by atoms with Gasteiger partial charge in [-0.15, -0.1) is 0 Å². The van der Waals surface area contributed by atoms with Crippen LogP contribution < -0.4 is 14.4 Å². The van der Waals surface area contributed by atoms with Crippen molar-refractivity contribution in [3.05, 3.63) is 58.7 Å². The minimum Gasteiger partial charge on any atom is -0.497 e. The van der Waals surface area contributed by atoms with E-state index in [2.05, 4.69) is 11.9 Å². The third-order valence-electron chi connectivity index (χ3n) is 4.08. The summed E-state index contributed by atoms with van der Waals surface area (Å²) in [6, 6.07) is 12.7. The first kappa shape index (κ1) is 20.3. The maximum Gasteiger partial charge on any atom is 0.283 e. The van der Waals surface area contributed by atoms with E-state index in [0.717, 1.165) is 23.5 Å². The van der Waals surface area contributed by atoms with E-state index in [1.807, 2.05) is 24.3 Å². The fourth-order valence-electron chi connectivity index (χ4n) is 2.66. The molecule has 0 N–H and O–H groups in total. The van der Waals surface area contributed by atoms with E-state index < -0.39 is 0 Å². The van der Waals surface area contributed by atoms with Crippen LogP contribution in [0.25, 0.3) is 6.08 Å². The van der Waals surface area contributed by atoms with Gasteiger partial charge >= 0.3 is 0 Å². The fourth-order valence-corrected chi connectivity index (χ4v) is 3.72. The highest BCUT2D eigenvalue weighted by Gasteiger charge is 2.32. The number of aliphatic imine (C=N–C) groups is 1. The highest BCUT2D eigenvalue weighted by molar-refractivity contribution is 8.14. The number of nitrogens with zero attached hydrogens (tertiary/aromatic N) is 2. The van der Waals surface area contributed by atoms with Gasteiger partial charge in [-0.25, -0.2) is 4.99 Å². The van der Waals surface area contributed by atoms with Crippen molar-refractivity contribution in [2.45, 2.75) is 13.3 Å². The van der Waals surface area contributed by atoms with E-state index >= 15 is 0 Å². The van der Waals surface area contributed by atoms with Gasteiger partial charge < -0.3 is 9.47 Å². The first-order valence-electron chi connectivity index (χ1n) is 8.82. The van der Waals surface area contributed by atoms with Crippen LogP contribution >= 0.6 is 23.4 Å². The van der Waals surface area contributed by atoms with Gasteiger partial charge in [0.25, 0.3) is 5.91 Å². The SMILES string of the molecule is CCCSC1=N/C(=C/c2ccc(OC)cc2)C(=O)N1c1ccc(Cl)c(OC)c1. The number of amides is 1. The van der Waals surface area contributed by atoms with Gasteiger partial charge in [-0.3, -0.25) is 9.69 Å². The van der Waals surface area contributed by atoms with Gasteiger partial charge in [-0.05, 0) is 42.3 Å². The van der Waals surface area contributed by atoms with E-state index in [1.165, 1.54) is 0 Å². The van der Waals surface area contributed by atoms with Crippen LogP contribution in [0.15, 0.2) is 53.2 Å². The number of anilines is 1. The second-order valence-electron chi connectivity index (χ2n) is 6.00. The Hall–Kier alpha value is -2.44. The van der Waals surface area contributed by atoms with Crippen molar-refractivity contribution < 1.29 is 14.3 Å². The summed E-state index contributed by atoms with van der Waals surface area (Å²) in [4.78, 5) is 19.3. The van der Waals surface area contributed by atoms with Crippen LogP contribution in [-0.4, -0.2) is 31.0 Å². The largest absolute Gasteiger partial charge is 0.497 e. The van der Waals surface area contributed by atoms with Gasteiger partial charge in [0.2, 0.25) is 0 Å². The summed E-state index contributed by atoms with van der Waals surface area (Å²) >= 11 is 7.68. The Morgan fingerprint density at radius 1 is 1.14 bits per heavy atom. The Labute approximate surface area is 174 Å². The predicted octanol–water partition coefficient (Wildman–Crippen LogP) is 5.24. The summed E-state index contributed by atoms with van der Waals surface area (Å²) < 4.78 is 10.5. The Kier molecular flexibility index (Phi) is 6.65. The number of benzene rings is 2. The summed E-state index contributed by atoms with van der Waals surface area (Å²) in [5.74, 6) is 1.96. The number of ether oxygens (including phenoxy) is 2. The molecule has 0 radical (unpaired) electrons. The molecule has 0 saturated heterocycles. The zero-order chi connectivity index (χ0) is 20.1. The average Bonchev–Trinajstić information content (AvgIpc) is 3.02. The van der Waals surface area contributed by atoms with Gasteiger partial charge in [0.05, 0.1) is 24.9 Å². The molecule has 5 nitrogen and oxygen atoms in total. The number of rotatable bonds is 6. The van der Waals surface area contributed by atoms with E-state index in [0.29, 0.717) is 27.3 Å². The normalized spacial score (nSPS) is 15.1. The van der Waals surface area contributed by atoms with Crippen molar-refractivity contribution in [3.63, 3.8) is 0 Å². The van der Waals surface area contributed by atoms with E-state index in [-0.39, 0.29) is 5.91 Å². The van der Waals surface area contributed by atoms with Crippen LogP contribution in [0.5, 0.6) is 11.5 Å². The maximum atomic E-state index is 13.1. The van der Waals surface area contributed by atoms with Gasteiger partial charge in [0.15, 0.2) is 5.17 Å². The highest BCUT2D eigenvalue weighted by atomic mass is 35.5. The van der Waals surface area contributed by atoms with E-state index in [9.17, 15) is 4.79 Å². The standard InChI is InChI=1S/C21H21ClN2O3S/c1-4-11-28-21-23-18(12-14-5-8-16(26-2)9-6-14)20(25)24(21)15-7-10-17(22)19(13-15)27-3/h5-10,12-13H,4,11H2,1-3H3/b18-12+. The molecule has 0 saturated carbocycles. The summed E-state index contributed by atoms with van der Waals surface area (Å²) in [5, 5.41) is 1.14. The molecule has 2 aromatic rings. The summed E-state index contributed by atoms with van der Waals surface area (Å²) in [6.07, 6.45) is 2.76. The third-order valence-corrected chi connectivity index (χ3v) is 5.53. The quantitative estimate of drug-likeness (QED) is 0.604. The molecule has 146 valence electrons. The van der Waals surface area contributed by atoms with Crippen molar-refractivity contribution in [1.29, 1.82) is 0 Å². The monoisotopic (exact) mass is 416 g/mol. The van der Waals surface area contributed by atoms with Crippen molar-refractivity contribution in [2.24, 2.45) is 4.99 Å². The molecular weight excluding hydrogens is 396 g/mol. The molecule has 0 aliphatic carbocycles. The number of hydrogen-bond donors (Lipinski definition) is 0. The molecule has 1 amide bonds. The van der Waals surface area contributed by atoms with Crippen molar-refractivity contribution in [3.8, 4) is 11.5 Å². The number of hydrogen-bond acceptors (Lipinski definition) is 5. The second-order valence-corrected chi connectivity index (χ2v) is 7.47. The Bertz CT molecular complexity index is 926. The van der Waals surface area contributed by atoms with E-state index in [4.69, 9.17) is 21.1 Å². The van der Waals surface area contributed by atoms with Crippen LogP contribution in [0.4, 0.5) is 5.69 Å². The first-order valence-corrected chi connectivity index (χ1v) is 10.2. The molecule has 1 heterocycles. The number of thioether (sulfide) groups is 1. The zero-order valence-corrected chi connectivity index (χ0v) is 17.5. The molecule has 0 bridgehead atoms. The molecular formula is C21H21ClN2O3S. The van der Waals surface area contributed by atoms with Crippen molar-refractivity contribution in [1.82, 2.24) is 0 Å². The molecule has 7 heteroatoms. The zero-order valence-electron chi connectivity index (χ0n) is 15.9. The second kappa shape index (κ2) is 9.17. The molecule has 28 heavy (non-hydrogen) atoms. The van der Waals surface area contributed by atoms with Gasteiger partial charge in [-0.2, -0.15) is 0 Å². The van der Waals surface area contributed by atoms with Crippen LogP contribution in [0.2, 0.25) is 5.02 Å². The smallest absolute Gasteiger partial charge is 0.283 e. The summed E-state index contributed by atoms with van der Waals surface area (Å²) in [7, 11) is 3.17. The Morgan fingerprint density at radius 2 is 1.89 bits per heavy atom. The minimum atomic E-state index is -0.182. The highest BCUT2D eigenvalue weighted by Crippen LogP contribution is 2.34. The third kappa shape index (κ3) is 4.34. The number of halogens is 1. The Morgan fingerprint density at radius 3 is 2.54 bits per heavy atom. The molecule has 0 spiro atoms. The minimum absolute atomic E-state index is 0.182. The van der Waals surface area contributed by atoms with E-state index in [1.54, 1.807) is 55.2 Å². The molecule has 0 atom stereocenters. The first-order chi connectivity index (χ1) is 13.6. The van der Waals surface area contributed by atoms with Crippen LogP contribution in [0, 0.1) is 0 Å². The molecule has 1 aliphatic rings. The summed E-state index contributed by atoms with van der Waals surface area (Å²) in [5.41, 5.74) is 1.94. The molecule has 0 aromatic heterocycles. The number of carbonyl (C=O) groups is 1. The lowest BCUT2D eigenvalue weighted by Crippen LogP contribution is -2.30. The molecule has 0 unspecified atom stereocenters. The molecule has 3 rings (SSSR count). The molecule has 2 aromatic carbocycles. The maximum absolute atomic E-state index is 13.1. The van der Waals surface area contributed by atoms with Crippen LogP contribution in [-0.2, 0) is 4.79 Å².